The Morgan fingerprint density at radius 2 is 1.73 bits per heavy atom. The predicted octanol–water partition coefficient (Wildman–Crippen LogP) is 5.73. The summed E-state index contributed by atoms with van der Waals surface area (Å²) in [5.41, 5.74) is 6.34. The number of amides is 1. The Bertz CT molecular complexity index is 2180. The van der Waals surface area contributed by atoms with Crippen LogP contribution in [0.15, 0.2) is 61.2 Å². The quantitative estimate of drug-likeness (QED) is 0.193. The van der Waals surface area contributed by atoms with E-state index in [0.717, 1.165) is 6.26 Å². The number of hydrogen-bond acceptors (Lipinski definition) is 8. The minimum atomic E-state index is -3.21. The van der Waals surface area contributed by atoms with Crippen molar-refractivity contribution in [3.8, 4) is 33.9 Å². The lowest BCUT2D eigenvalue weighted by molar-refractivity contribution is -0.117. The number of rotatable bonds is 8. The van der Waals surface area contributed by atoms with Gasteiger partial charge in [0, 0.05) is 36.2 Å². The standard InChI is InChI=1S/C32H31FN8O3S/c1-32(2,3)13-27(42)36-22-12-20(14-34-15-22)24-5-6-25-29(37-24)30(41-40-25)31-38-26-17-35-16-23(28(26)39-31)19-9-18(10-21(33)11-19)7-8-45(4,43)44/h5-6,9-12,14-17H,7-8,13H2,1-4H3,(H,36,42)(H,38,39)(H,40,41). The molecule has 0 atom stereocenters. The van der Waals surface area contributed by atoms with Crippen LogP contribution in [0.1, 0.15) is 32.8 Å². The van der Waals surface area contributed by atoms with Crippen molar-refractivity contribution in [3.05, 3.63) is 72.6 Å². The Kier molecular flexibility index (Phi) is 7.65. The summed E-state index contributed by atoms with van der Waals surface area (Å²) in [5.74, 6) is -0.224. The van der Waals surface area contributed by atoms with E-state index in [9.17, 15) is 17.6 Å². The minimum absolute atomic E-state index is 0.0850. The van der Waals surface area contributed by atoms with Crippen molar-refractivity contribution in [1.82, 2.24) is 35.1 Å². The highest BCUT2D eigenvalue weighted by atomic mass is 32.2. The van der Waals surface area contributed by atoms with Crippen LogP contribution < -0.4 is 5.32 Å². The SMILES string of the molecule is CC(C)(C)CC(=O)Nc1cncc(-c2ccc3[nH]nc(-c4nc5c(-c6cc(F)cc(CCS(C)(=O)=O)c6)cncc5[nH]4)c3n2)c1. The van der Waals surface area contributed by atoms with Crippen molar-refractivity contribution < 1.29 is 17.6 Å². The van der Waals surface area contributed by atoms with E-state index in [0.29, 0.717) is 73.6 Å². The maximum absolute atomic E-state index is 14.6. The second-order valence-corrected chi connectivity index (χ2v) is 14.6. The van der Waals surface area contributed by atoms with Gasteiger partial charge < -0.3 is 10.3 Å². The number of H-pyrrole nitrogens is 2. The third-order valence-electron chi connectivity index (χ3n) is 7.06. The zero-order valence-corrected chi connectivity index (χ0v) is 26.0. The number of benzene rings is 1. The molecule has 6 aromatic rings. The van der Waals surface area contributed by atoms with Gasteiger partial charge in [0.05, 0.1) is 46.1 Å². The van der Waals surface area contributed by atoms with Gasteiger partial charge in [0.15, 0.2) is 11.5 Å². The molecule has 0 spiro atoms. The molecule has 0 saturated carbocycles. The Hall–Kier alpha value is -5.04. The lowest BCUT2D eigenvalue weighted by Crippen LogP contribution is -2.19. The monoisotopic (exact) mass is 626 g/mol. The summed E-state index contributed by atoms with van der Waals surface area (Å²) in [4.78, 5) is 34.0. The first-order chi connectivity index (χ1) is 21.3. The molecule has 0 saturated heterocycles. The lowest BCUT2D eigenvalue weighted by atomic mass is 9.92. The molecule has 0 unspecified atom stereocenters. The number of fused-ring (bicyclic) bond motifs is 2. The molecule has 1 amide bonds. The smallest absolute Gasteiger partial charge is 0.224 e. The molecule has 45 heavy (non-hydrogen) atoms. The van der Waals surface area contributed by atoms with E-state index < -0.39 is 15.7 Å². The summed E-state index contributed by atoms with van der Waals surface area (Å²) in [6, 6.07) is 9.99. The van der Waals surface area contributed by atoms with Crippen molar-refractivity contribution in [2.24, 2.45) is 5.41 Å². The van der Waals surface area contributed by atoms with Gasteiger partial charge in [-0.15, -0.1) is 0 Å². The van der Waals surface area contributed by atoms with Crippen LogP contribution in [0.5, 0.6) is 0 Å². The normalized spacial score (nSPS) is 12.2. The van der Waals surface area contributed by atoms with Gasteiger partial charge in [0.2, 0.25) is 5.91 Å². The van der Waals surface area contributed by atoms with Crippen molar-refractivity contribution in [1.29, 1.82) is 0 Å². The van der Waals surface area contributed by atoms with Gasteiger partial charge in [0.25, 0.3) is 0 Å². The number of carbonyl (C=O) groups excluding carboxylic acids is 1. The maximum Gasteiger partial charge on any atom is 0.224 e. The summed E-state index contributed by atoms with van der Waals surface area (Å²) in [6.45, 7) is 6.01. The van der Waals surface area contributed by atoms with Crippen LogP contribution in [-0.2, 0) is 21.1 Å². The first kappa shape index (κ1) is 30.0. The molecular weight excluding hydrogens is 595 g/mol. The molecule has 0 radical (unpaired) electrons. The summed E-state index contributed by atoms with van der Waals surface area (Å²) in [6.07, 6.45) is 8.21. The van der Waals surface area contributed by atoms with Gasteiger partial charge in [-0.2, -0.15) is 5.10 Å². The van der Waals surface area contributed by atoms with Crippen molar-refractivity contribution in [2.75, 3.05) is 17.3 Å². The molecule has 13 heteroatoms. The van der Waals surface area contributed by atoms with Gasteiger partial charge in [0.1, 0.15) is 21.2 Å². The van der Waals surface area contributed by atoms with Crippen molar-refractivity contribution >= 4 is 43.5 Å². The number of hydrogen-bond donors (Lipinski definition) is 3. The third kappa shape index (κ3) is 6.88. The molecule has 0 aliphatic rings. The lowest BCUT2D eigenvalue weighted by Gasteiger charge is -2.17. The number of aryl methyl sites for hydroxylation is 1. The molecule has 5 aromatic heterocycles. The second-order valence-electron chi connectivity index (χ2n) is 12.3. The highest BCUT2D eigenvalue weighted by Gasteiger charge is 2.19. The number of anilines is 1. The van der Waals surface area contributed by atoms with Crippen LogP contribution in [0.3, 0.4) is 0 Å². The molecule has 0 fully saturated rings. The fourth-order valence-electron chi connectivity index (χ4n) is 5.07. The highest BCUT2D eigenvalue weighted by Crippen LogP contribution is 2.32. The Morgan fingerprint density at radius 3 is 2.51 bits per heavy atom. The number of pyridine rings is 3. The molecule has 0 aliphatic heterocycles. The number of carbonyl (C=O) groups is 1. The zero-order chi connectivity index (χ0) is 31.9. The topological polar surface area (TPSA) is 159 Å². The number of nitrogens with one attached hydrogen (secondary N) is 3. The fourth-order valence-corrected chi connectivity index (χ4v) is 5.68. The van der Waals surface area contributed by atoms with E-state index >= 15 is 0 Å². The Balaban J connectivity index is 1.34. The molecule has 0 bridgehead atoms. The number of halogens is 1. The Morgan fingerprint density at radius 1 is 0.933 bits per heavy atom. The van der Waals surface area contributed by atoms with Gasteiger partial charge in [-0.1, -0.05) is 26.8 Å². The van der Waals surface area contributed by atoms with E-state index in [2.05, 4.69) is 30.5 Å². The molecule has 3 N–H and O–H groups in total. The zero-order valence-electron chi connectivity index (χ0n) is 25.1. The first-order valence-electron chi connectivity index (χ1n) is 14.2. The summed E-state index contributed by atoms with van der Waals surface area (Å²) < 4.78 is 38.0. The molecule has 11 nitrogen and oxygen atoms in total. The summed E-state index contributed by atoms with van der Waals surface area (Å²) in [5, 5.41) is 10.4. The number of nitrogens with zero attached hydrogens (tertiary/aromatic N) is 5. The van der Waals surface area contributed by atoms with E-state index in [1.807, 2.05) is 39.0 Å². The van der Waals surface area contributed by atoms with Crippen LogP contribution in [-0.4, -0.2) is 61.5 Å². The van der Waals surface area contributed by atoms with E-state index in [1.165, 1.54) is 12.1 Å². The van der Waals surface area contributed by atoms with Crippen molar-refractivity contribution in [2.45, 2.75) is 33.6 Å². The number of imidazole rings is 1. The molecule has 230 valence electrons. The van der Waals surface area contributed by atoms with Gasteiger partial charge >= 0.3 is 0 Å². The van der Waals surface area contributed by atoms with Crippen LogP contribution in [0.2, 0.25) is 0 Å². The van der Waals surface area contributed by atoms with Crippen molar-refractivity contribution in [3.63, 3.8) is 0 Å². The maximum atomic E-state index is 14.6. The number of sulfone groups is 1. The van der Waals surface area contributed by atoms with Gasteiger partial charge in [-0.25, -0.2) is 22.8 Å². The second kappa shape index (κ2) is 11.5. The average Bonchev–Trinajstić information content (AvgIpc) is 3.58. The van der Waals surface area contributed by atoms with Crippen LogP contribution >= 0.6 is 0 Å². The Labute approximate surface area is 258 Å². The molecule has 5 heterocycles. The molecule has 6 rings (SSSR count). The van der Waals surface area contributed by atoms with E-state index in [4.69, 9.17) is 9.97 Å². The first-order valence-corrected chi connectivity index (χ1v) is 16.3. The van der Waals surface area contributed by atoms with Gasteiger partial charge in [-0.3, -0.25) is 19.9 Å². The number of aromatic amines is 2. The predicted molar refractivity (Wildman–Crippen MR) is 172 cm³/mol. The van der Waals surface area contributed by atoms with Crippen LogP contribution in [0, 0.1) is 11.2 Å². The minimum Gasteiger partial charge on any atom is -0.335 e. The largest absolute Gasteiger partial charge is 0.335 e. The molecule has 0 aliphatic carbocycles. The van der Waals surface area contributed by atoms with E-state index in [1.54, 1.807) is 30.9 Å². The van der Waals surface area contributed by atoms with Crippen LogP contribution in [0.4, 0.5) is 10.1 Å². The molecular formula is C32H31FN8O3S. The average molecular weight is 627 g/mol. The summed E-state index contributed by atoms with van der Waals surface area (Å²) in [7, 11) is -3.21. The summed E-state index contributed by atoms with van der Waals surface area (Å²) >= 11 is 0. The number of aromatic nitrogens is 7. The molecule has 1 aromatic carbocycles. The van der Waals surface area contributed by atoms with E-state index in [-0.39, 0.29) is 23.5 Å². The van der Waals surface area contributed by atoms with Gasteiger partial charge in [-0.05, 0) is 53.3 Å². The third-order valence-corrected chi connectivity index (χ3v) is 8.01. The highest BCUT2D eigenvalue weighted by molar-refractivity contribution is 7.90. The fraction of sp³-hybridized carbons (Fsp3) is 0.250. The van der Waals surface area contributed by atoms with Crippen LogP contribution in [0.25, 0.3) is 56.0 Å².